The molecule has 0 aliphatic rings. The predicted octanol–water partition coefficient (Wildman–Crippen LogP) is 2.32. The third-order valence-electron chi connectivity index (χ3n) is 2.15. The Hall–Kier alpha value is -1.53. The number of benzene rings is 1. The molecule has 0 bridgehead atoms. The number of hydrazone groups is 1. The minimum Gasteiger partial charge on any atom is -0.449 e. The van der Waals surface area contributed by atoms with Crippen molar-refractivity contribution in [1.82, 2.24) is 5.43 Å². The van der Waals surface area contributed by atoms with E-state index in [4.69, 9.17) is 10.2 Å². The van der Waals surface area contributed by atoms with Gasteiger partial charge in [0.2, 0.25) is 0 Å². The van der Waals surface area contributed by atoms with E-state index in [0.717, 1.165) is 21.6 Å². The van der Waals surface area contributed by atoms with Gasteiger partial charge in [-0.25, -0.2) is 0 Å². The van der Waals surface area contributed by atoms with Gasteiger partial charge in [-0.15, -0.1) is 0 Å². The monoisotopic (exact) mass is 265 g/mol. The largest absolute Gasteiger partial charge is 0.449 e. The van der Waals surface area contributed by atoms with Crippen molar-refractivity contribution >= 4 is 46.3 Å². The molecule has 17 heavy (non-hydrogen) atoms. The Morgan fingerprint density at radius 2 is 2.29 bits per heavy atom. The van der Waals surface area contributed by atoms with Gasteiger partial charge in [-0.05, 0) is 24.5 Å². The maximum absolute atomic E-state index is 5.69. The Kier molecular flexibility index (Phi) is 3.65. The number of rotatable bonds is 3. The summed E-state index contributed by atoms with van der Waals surface area (Å²) in [5.41, 5.74) is 9.59. The molecule has 0 radical (unpaired) electrons. The molecule has 0 atom stereocenters. The zero-order chi connectivity index (χ0) is 12.3. The molecule has 0 fully saturated rings. The maximum atomic E-state index is 5.69. The Labute approximate surface area is 108 Å². The lowest BCUT2D eigenvalue weighted by Crippen LogP contribution is -2.24. The van der Waals surface area contributed by atoms with Crippen LogP contribution in [0.4, 0.5) is 0 Å². The number of thiocarbonyl (C=S) groups is 1. The quantitative estimate of drug-likeness (QED) is 0.386. The van der Waals surface area contributed by atoms with Gasteiger partial charge in [0.15, 0.2) is 10.2 Å². The van der Waals surface area contributed by atoms with Crippen molar-refractivity contribution in [1.29, 1.82) is 0 Å². The highest BCUT2D eigenvalue weighted by Gasteiger charge is 2.10. The molecule has 2 rings (SSSR count). The lowest BCUT2D eigenvalue weighted by Gasteiger charge is -1.95. The van der Waals surface area contributed by atoms with Crippen molar-refractivity contribution in [3.63, 3.8) is 0 Å². The van der Waals surface area contributed by atoms with E-state index in [9.17, 15) is 0 Å². The van der Waals surface area contributed by atoms with Gasteiger partial charge >= 0.3 is 0 Å². The summed E-state index contributed by atoms with van der Waals surface area (Å²) in [6, 6.07) is 7.80. The molecule has 1 aromatic heterocycles. The fourth-order valence-corrected chi connectivity index (χ4v) is 2.09. The molecule has 2 aromatic rings. The van der Waals surface area contributed by atoms with Crippen LogP contribution < -0.4 is 11.2 Å². The number of para-hydroxylation sites is 1. The van der Waals surface area contributed by atoms with Crippen LogP contribution in [0.3, 0.4) is 0 Å². The molecule has 0 saturated heterocycles. The number of hydrogen-bond donors (Lipinski definition) is 2. The van der Waals surface area contributed by atoms with Gasteiger partial charge in [-0.2, -0.15) is 5.10 Å². The third kappa shape index (κ3) is 2.59. The summed E-state index contributed by atoms with van der Waals surface area (Å²) in [6.07, 6.45) is 3.62. The molecule has 0 aliphatic heterocycles. The van der Waals surface area contributed by atoms with E-state index < -0.39 is 0 Å². The summed E-state index contributed by atoms with van der Waals surface area (Å²) in [6.45, 7) is 0. The van der Waals surface area contributed by atoms with Gasteiger partial charge < -0.3 is 10.2 Å². The molecule has 0 saturated carbocycles. The molecule has 0 unspecified atom stereocenters. The molecule has 88 valence electrons. The van der Waals surface area contributed by atoms with Crippen LogP contribution in [0.1, 0.15) is 5.56 Å². The molecule has 6 heteroatoms. The molecule has 3 N–H and O–H groups in total. The van der Waals surface area contributed by atoms with Crippen LogP contribution in [-0.4, -0.2) is 17.6 Å². The summed E-state index contributed by atoms with van der Waals surface area (Å²) in [4.78, 5) is 0. The van der Waals surface area contributed by atoms with Crippen LogP contribution in [0.15, 0.2) is 38.9 Å². The number of nitrogens with one attached hydrogen (secondary N) is 1. The SMILES string of the molecule is CSc1oc2ccccc2c1C=NNC(N)=S. The van der Waals surface area contributed by atoms with Crippen LogP contribution >= 0.6 is 24.0 Å². The minimum atomic E-state index is 0.139. The Bertz CT molecular complexity index is 577. The van der Waals surface area contributed by atoms with E-state index in [0.29, 0.717) is 0 Å². The van der Waals surface area contributed by atoms with Gasteiger partial charge in [0.1, 0.15) is 5.58 Å². The highest BCUT2D eigenvalue weighted by molar-refractivity contribution is 7.98. The van der Waals surface area contributed by atoms with Gasteiger partial charge in [0.25, 0.3) is 0 Å². The summed E-state index contributed by atoms with van der Waals surface area (Å²) in [5, 5.41) is 5.93. The summed E-state index contributed by atoms with van der Waals surface area (Å²) < 4.78 is 5.69. The number of thioether (sulfide) groups is 1. The van der Waals surface area contributed by atoms with Crippen molar-refractivity contribution in [2.24, 2.45) is 10.8 Å². The lowest BCUT2D eigenvalue weighted by molar-refractivity contribution is 0.514. The van der Waals surface area contributed by atoms with Gasteiger partial charge in [0, 0.05) is 5.39 Å². The number of fused-ring (bicyclic) bond motifs is 1. The third-order valence-corrected chi connectivity index (χ3v) is 2.92. The van der Waals surface area contributed by atoms with Crippen molar-refractivity contribution in [2.45, 2.75) is 5.09 Å². The maximum Gasteiger partial charge on any atom is 0.184 e. The smallest absolute Gasteiger partial charge is 0.184 e. The molecule has 1 heterocycles. The van der Waals surface area contributed by atoms with Crippen LogP contribution in [0, 0.1) is 0 Å². The first kappa shape index (κ1) is 11.9. The average molecular weight is 265 g/mol. The van der Waals surface area contributed by atoms with Crippen LogP contribution in [-0.2, 0) is 0 Å². The second-order valence-electron chi connectivity index (χ2n) is 3.24. The molecule has 4 nitrogen and oxygen atoms in total. The summed E-state index contributed by atoms with van der Waals surface area (Å²) >= 11 is 6.20. The van der Waals surface area contributed by atoms with Crippen molar-refractivity contribution < 1.29 is 4.42 Å². The normalized spacial score (nSPS) is 11.1. The predicted molar refractivity (Wildman–Crippen MR) is 75.5 cm³/mol. The van der Waals surface area contributed by atoms with Crippen molar-refractivity contribution in [2.75, 3.05) is 6.26 Å². The zero-order valence-corrected chi connectivity index (χ0v) is 10.8. The number of nitrogens with zero attached hydrogens (tertiary/aromatic N) is 1. The number of furan rings is 1. The first-order valence-electron chi connectivity index (χ1n) is 4.86. The lowest BCUT2D eigenvalue weighted by atomic mass is 10.2. The molecule has 1 aromatic carbocycles. The van der Waals surface area contributed by atoms with Gasteiger partial charge in [-0.3, -0.25) is 5.43 Å². The molecule has 0 aliphatic carbocycles. The second-order valence-corrected chi connectivity index (χ2v) is 4.46. The highest BCUT2D eigenvalue weighted by Crippen LogP contribution is 2.30. The number of nitrogens with two attached hydrogens (primary N) is 1. The topological polar surface area (TPSA) is 63.5 Å². The van der Waals surface area contributed by atoms with Gasteiger partial charge in [0.05, 0.1) is 11.8 Å². The standard InChI is InChI=1S/C11H11N3OS2/c1-17-10-8(6-13-14-11(12)16)7-4-2-3-5-9(7)15-10/h2-6H,1H3,(H3,12,14,16). The molecule has 0 amide bonds. The number of hydrogen-bond acceptors (Lipinski definition) is 4. The molecular formula is C11H11N3OS2. The molecule has 0 spiro atoms. The van der Waals surface area contributed by atoms with Crippen molar-refractivity contribution in [3.05, 3.63) is 29.8 Å². The first-order chi connectivity index (χ1) is 8.22. The fraction of sp³-hybridized carbons (Fsp3) is 0.0909. The van der Waals surface area contributed by atoms with Crippen LogP contribution in [0.5, 0.6) is 0 Å². The van der Waals surface area contributed by atoms with Crippen molar-refractivity contribution in [3.8, 4) is 0 Å². The van der Waals surface area contributed by atoms with E-state index in [-0.39, 0.29) is 5.11 Å². The fourth-order valence-electron chi connectivity index (χ4n) is 1.48. The Morgan fingerprint density at radius 3 is 3.00 bits per heavy atom. The Morgan fingerprint density at radius 1 is 1.53 bits per heavy atom. The van der Waals surface area contributed by atoms with E-state index >= 15 is 0 Å². The average Bonchev–Trinajstić information content (AvgIpc) is 2.67. The van der Waals surface area contributed by atoms with E-state index in [1.165, 1.54) is 11.8 Å². The Balaban J connectivity index is 2.43. The van der Waals surface area contributed by atoms with Crippen LogP contribution in [0.2, 0.25) is 0 Å². The van der Waals surface area contributed by atoms with Crippen LogP contribution in [0.25, 0.3) is 11.0 Å². The summed E-state index contributed by atoms with van der Waals surface area (Å²) in [5.74, 6) is 0. The molecular weight excluding hydrogens is 254 g/mol. The highest BCUT2D eigenvalue weighted by atomic mass is 32.2. The van der Waals surface area contributed by atoms with E-state index in [1.807, 2.05) is 30.5 Å². The first-order valence-corrected chi connectivity index (χ1v) is 6.49. The zero-order valence-electron chi connectivity index (χ0n) is 9.14. The second kappa shape index (κ2) is 5.20. The minimum absolute atomic E-state index is 0.139. The van der Waals surface area contributed by atoms with E-state index in [2.05, 4.69) is 22.7 Å². The van der Waals surface area contributed by atoms with Gasteiger partial charge in [-0.1, -0.05) is 30.0 Å². The summed E-state index contributed by atoms with van der Waals surface area (Å²) in [7, 11) is 0. The van der Waals surface area contributed by atoms with E-state index in [1.54, 1.807) is 6.21 Å².